The minimum Gasteiger partial charge on any atom is -0.456 e. The van der Waals surface area contributed by atoms with E-state index in [1.54, 1.807) is 12.1 Å². The largest absolute Gasteiger partial charge is 0.456 e. The zero-order chi connectivity index (χ0) is 18.9. The summed E-state index contributed by atoms with van der Waals surface area (Å²) in [6.07, 6.45) is -0.828. The molecule has 2 aromatic rings. The van der Waals surface area contributed by atoms with Gasteiger partial charge < -0.3 is 9.47 Å². The number of nitrogens with one attached hydrogen (secondary N) is 1. The number of nitrogens with zero attached hydrogens (tertiary/aromatic N) is 1. The van der Waals surface area contributed by atoms with Crippen molar-refractivity contribution in [3.8, 4) is 0 Å². The van der Waals surface area contributed by atoms with Crippen molar-refractivity contribution in [3.63, 3.8) is 0 Å². The molecule has 0 heterocycles. The van der Waals surface area contributed by atoms with Gasteiger partial charge in [0.1, 0.15) is 18.9 Å². The van der Waals surface area contributed by atoms with Gasteiger partial charge in [0.25, 0.3) is 5.69 Å². The van der Waals surface area contributed by atoms with Gasteiger partial charge in [-0.05, 0) is 23.3 Å². The van der Waals surface area contributed by atoms with E-state index in [2.05, 4.69) is 11.9 Å². The first kappa shape index (κ1) is 18.7. The second-order valence-corrected chi connectivity index (χ2v) is 5.16. The van der Waals surface area contributed by atoms with Crippen LogP contribution in [0, 0.1) is 10.1 Å². The Balaban J connectivity index is 1.75. The van der Waals surface area contributed by atoms with Crippen LogP contribution in [0.1, 0.15) is 11.1 Å². The molecule has 0 atom stereocenters. The number of carbonyl (C=O) groups excluding carboxylic acids is 2. The Morgan fingerprint density at radius 2 is 1.54 bits per heavy atom. The fourth-order valence-electron chi connectivity index (χ4n) is 1.88. The Morgan fingerprint density at radius 3 is 2.15 bits per heavy atom. The van der Waals surface area contributed by atoms with Gasteiger partial charge in [-0.3, -0.25) is 15.4 Å². The fourth-order valence-corrected chi connectivity index (χ4v) is 1.88. The van der Waals surface area contributed by atoms with Crippen LogP contribution in [-0.4, -0.2) is 17.0 Å². The molecular weight excluding hydrogens is 340 g/mol. The first-order chi connectivity index (χ1) is 12.5. The summed E-state index contributed by atoms with van der Waals surface area (Å²) < 4.78 is 9.94. The van der Waals surface area contributed by atoms with Crippen LogP contribution in [-0.2, 0) is 27.5 Å². The van der Waals surface area contributed by atoms with Crippen LogP contribution in [0.15, 0.2) is 66.9 Å². The first-order valence-electron chi connectivity index (χ1n) is 7.53. The topological polar surface area (TPSA) is 108 Å². The van der Waals surface area contributed by atoms with E-state index in [1.165, 1.54) is 24.3 Å². The quantitative estimate of drug-likeness (QED) is 0.353. The van der Waals surface area contributed by atoms with Crippen LogP contribution in [0.3, 0.4) is 0 Å². The second-order valence-electron chi connectivity index (χ2n) is 5.16. The average Bonchev–Trinajstić information content (AvgIpc) is 2.65. The summed E-state index contributed by atoms with van der Waals surface area (Å²) in [6, 6.07) is 14.6. The molecule has 0 fully saturated rings. The number of ether oxygens (including phenoxy) is 2. The highest BCUT2D eigenvalue weighted by Crippen LogP contribution is 2.12. The molecule has 0 radical (unpaired) electrons. The number of amides is 1. The van der Waals surface area contributed by atoms with Crippen molar-refractivity contribution in [2.75, 3.05) is 0 Å². The third-order valence-corrected chi connectivity index (χ3v) is 3.23. The van der Waals surface area contributed by atoms with Crippen molar-refractivity contribution in [2.45, 2.75) is 13.2 Å². The lowest BCUT2D eigenvalue weighted by atomic mass is 10.2. The maximum Gasteiger partial charge on any atom is 0.412 e. The second kappa shape index (κ2) is 8.97. The summed E-state index contributed by atoms with van der Waals surface area (Å²) in [5.41, 5.74) is 1.02. The molecule has 134 valence electrons. The van der Waals surface area contributed by atoms with E-state index >= 15 is 0 Å². The summed E-state index contributed by atoms with van der Waals surface area (Å²) in [4.78, 5) is 33.5. The number of nitro benzene ring substituents is 1. The molecule has 0 spiro atoms. The van der Waals surface area contributed by atoms with E-state index in [1.807, 2.05) is 18.2 Å². The average molecular weight is 356 g/mol. The first-order valence-corrected chi connectivity index (χ1v) is 7.53. The summed E-state index contributed by atoms with van der Waals surface area (Å²) in [5.74, 6) is -0.833. The Labute approximate surface area is 149 Å². The van der Waals surface area contributed by atoms with Gasteiger partial charge in [0.2, 0.25) is 0 Å². The van der Waals surface area contributed by atoms with Crippen molar-refractivity contribution in [1.29, 1.82) is 0 Å². The predicted molar refractivity (Wildman–Crippen MR) is 91.8 cm³/mol. The zero-order valence-electron chi connectivity index (χ0n) is 13.7. The number of nitro groups is 1. The van der Waals surface area contributed by atoms with Crippen LogP contribution < -0.4 is 5.32 Å². The predicted octanol–water partition coefficient (Wildman–Crippen LogP) is 3.08. The highest BCUT2D eigenvalue weighted by Gasteiger charge is 2.13. The summed E-state index contributed by atoms with van der Waals surface area (Å²) in [5, 5.41) is 12.8. The summed E-state index contributed by atoms with van der Waals surface area (Å²) in [6.45, 7) is 3.36. The maximum atomic E-state index is 11.8. The smallest absolute Gasteiger partial charge is 0.412 e. The van der Waals surface area contributed by atoms with Crippen LogP contribution >= 0.6 is 0 Å². The van der Waals surface area contributed by atoms with E-state index in [4.69, 9.17) is 9.47 Å². The number of rotatable bonds is 7. The number of hydrogen-bond donors (Lipinski definition) is 1. The molecule has 0 saturated heterocycles. The van der Waals surface area contributed by atoms with Crippen molar-refractivity contribution >= 4 is 17.7 Å². The maximum absolute atomic E-state index is 11.8. The van der Waals surface area contributed by atoms with Gasteiger partial charge in [-0.2, -0.15) is 0 Å². The molecule has 0 aliphatic rings. The van der Waals surface area contributed by atoms with Gasteiger partial charge >= 0.3 is 12.1 Å². The van der Waals surface area contributed by atoms with Gasteiger partial charge in [-0.1, -0.05) is 36.9 Å². The summed E-state index contributed by atoms with van der Waals surface area (Å²) in [7, 11) is 0. The number of alkyl carbamates (subject to hydrolysis) is 1. The minimum absolute atomic E-state index is 0.0534. The van der Waals surface area contributed by atoms with E-state index in [-0.39, 0.29) is 24.6 Å². The van der Waals surface area contributed by atoms with E-state index in [9.17, 15) is 19.7 Å². The molecule has 26 heavy (non-hydrogen) atoms. The lowest BCUT2D eigenvalue weighted by Gasteiger charge is -2.09. The van der Waals surface area contributed by atoms with Gasteiger partial charge in [-0.25, -0.2) is 9.59 Å². The standard InChI is InChI=1S/C18H16N2O6/c1-13(19-18(22)26-12-14-5-3-2-4-6-14)17(21)25-11-15-7-9-16(10-8-15)20(23)24/h2-10H,1,11-12H2,(H,19,22). The van der Waals surface area contributed by atoms with E-state index < -0.39 is 17.0 Å². The Kier molecular flexibility index (Phi) is 6.44. The van der Waals surface area contributed by atoms with E-state index in [0.29, 0.717) is 5.56 Å². The molecule has 2 rings (SSSR count). The number of hydrogen-bond acceptors (Lipinski definition) is 6. The van der Waals surface area contributed by atoms with Crippen molar-refractivity contribution in [1.82, 2.24) is 5.32 Å². The normalized spacial score (nSPS) is 9.85. The summed E-state index contributed by atoms with van der Waals surface area (Å²) >= 11 is 0. The van der Waals surface area contributed by atoms with Crippen LogP contribution in [0.25, 0.3) is 0 Å². The number of carbonyl (C=O) groups is 2. The molecule has 0 unspecified atom stereocenters. The lowest BCUT2D eigenvalue weighted by molar-refractivity contribution is -0.384. The number of non-ortho nitro benzene ring substituents is 1. The molecule has 0 bridgehead atoms. The molecule has 8 heteroatoms. The van der Waals surface area contributed by atoms with Crippen LogP contribution in [0.4, 0.5) is 10.5 Å². The molecule has 0 aliphatic heterocycles. The van der Waals surface area contributed by atoms with Crippen molar-refractivity contribution < 1.29 is 24.0 Å². The van der Waals surface area contributed by atoms with Crippen LogP contribution in [0.5, 0.6) is 0 Å². The molecule has 0 saturated carbocycles. The van der Waals surface area contributed by atoms with Crippen molar-refractivity contribution in [2.24, 2.45) is 0 Å². The van der Waals surface area contributed by atoms with Gasteiger partial charge in [-0.15, -0.1) is 0 Å². The van der Waals surface area contributed by atoms with Crippen LogP contribution in [0.2, 0.25) is 0 Å². The van der Waals surface area contributed by atoms with E-state index in [0.717, 1.165) is 5.56 Å². The Morgan fingerprint density at radius 1 is 0.962 bits per heavy atom. The number of benzene rings is 2. The highest BCUT2D eigenvalue weighted by molar-refractivity contribution is 5.91. The van der Waals surface area contributed by atoms with Gasteiger partial charge in [0, 0.05) is 12.1 Å². The SMILES string of the molecule is C=C(NC(=O)OCc1ccccc1)C(=O)OCc1ccc([N+](=O)[O-])cc1. The Hall–Kier alpha value is -3.68. The molecular formula is C18H16N2O6. The van der Waals surface area contributed by atoms with Gasteiger partial charge in [0.05, 0.1) is 4.92 Å². The zero-order valence-corrected chi connectivity index (χ0v) is 13.7. The molecule has 2 aromatic carbocycles. The molecule has 0 aromatic heterocycles. The molecule has 8 nitrogen and oxygen atoms in total. The molecule has 1 N–H and O–H groups in total. The Bertz CT molecular complexity index is 802. The molecule has 0 aliphatic carbocycles. The molecule has 1 amide bonds. The third-order valence-electron chi connectivity index (χ3n) is 3.23. The highest BCUT2D eigenvalue weighted by atomic mass is 16.6. The number of esters is 1. The van der Waals surface area contributed by atoms with Gasteiger partial charge in [0.15, 0.2) is 0 Å². The van der Waals surface area contributed by atoms with Crippen molar-refractivity contribution in [3.05, 3.63) is 88.1 Å². The minimum atomic E-state index is -0.833. The third kappa shape index (κ3) is 5.75. The lowest BCUT2D eigenvalue weighted by Crippen LogP contribution is -2.28. The fraction of sp³-hybridized carbons (Fsp3) is 0.111. The monoisotopic (exact) mass is 356 g/mol.